The van der Waals surface area contributed by atoms with Crippen LogP contribution < -0.4 is 4.74 Å². The molecule has 0 N–H and O–H groups in total. The van der Waals surface area contributed by atoms with Crippen LogP contribution in [0.25, 0.3) is 22.3 Å². The molecule has 4 nitrogen and oxygen atoms in total. The quantitative estimate of drug-likeness (QED) is 0.599. The van der Waals surface area contributed by atoms with Crippen molar-refractivity contribution in [1.29, 1.82) is 0 Å². The minimum Gasteiger partial charge on any atom is -0.496 e. The van der Waals surface area contributed by atoms with E-state index in [-0.39, 0.29) is 0 Å². The van der Waals surface area contributed by atoms with Crippen LogP contribution in [0.4, 0.5) is 0 Å². The fourth-order valence-electron chi connectivity index (χ4n) is 2.45. The van der Waals surface area contributed by atoms with Gasteiger partial charge in [0.2, 0.25) is 0 Å². The number of esters is 1. The standard InChI is InChI=1S/C18H15BrO4/c1-3-22-18(20)16-12-9-15(21-2)13(19)10-14(12)23-17(16)11-7-5-4-6-8-11/h4-10H,3H2,1-2H3. The molecular weight excluding hydrogens is 360 g/mol. The Kier molecular flexibility index (Phi) is 4.39. The van der Waals surface area contributed by atoms with E-state index in [1.165, 1.54) is 0 Å². The van der Waals surface area contributed by atoms with E-state index < -0.39 is 5.97 Å². The Bertz CT molecular complexity index is 852. The first-order chi connectivity index (χ1) is 11.2. The lowest BCUT2D eigenvalue weighted by atomic mass is 10.1. The zero-order valence-corrected chi connectivity index (χ0v) is 14.3. The molecule has 0 atom stereocenters. The van der Waals surface area contributed by atoms with Crippen molar-refractivity contribution in [3.63, 3.8) is 0 Å². The van der Waals surface area contributed by atoms with Crippen LogP contribution in [0.2, 0.25) is 0 Å². The first-order valence-electron chi connectivity index (χ1n) is 7.18. The van der Waals surface area contributed by atoms with Crippen LogP contribution in [0.1, 0.15) is 17.3 Å². The summed E-state index contributed by atoms with van der Waals surface area (Å²) in [5.41, 5.74) is 1.83. The van der Waals surface area contributed by atoms with Crippen LogP contribution in [-0.2, 0) is 4.74 Å². The molecule has 3 aromatic rings. The fourth-order valence-corrected chi connectivity index (χ4v) is 2.94. The molecule has 0 bridgehead atoms. The summed E-state index contributed by atoms with van der Waals surface area (Å²) < 4.78 is 17.2. The van der Waals surface area contributed by atoms with Crippen molar-refractivity contribution in [3.05, 3.63) is 52.5 Å². The van der Waals surface area contributed by atoms with E-state index in [2.05, 4.69) is 15.9 Å². The van der Waals surface area contributed by atoms with Gasteiger partial charge in [-0.05, 0) is 35.0 Å². The van der Waals surface area contributed by atoms with E-state index >= 15 is 0 Å². The lowest BCUT2D eigenvalue weighted by Gasteiger charge is -2.04. The monoisotopic (exact) mass is 374 g/mol. The zero-order valence-electron chi connectivity index (χ0n) is 12.8. The lowest BCUT2D eigenvalue weighted by molar-refractivity contribution is 0.0529. The van der Waals surface area contributed by atoms with Crippen LogP contribution in [-0.4, -0.2) is 19.7 Å². The molecule has 0 fully saturated rings. The molecule has 3 rings (SSSR count). The largest absolute Gasteiger partial charge is 0.496 e. The molecule has 0 amide bonds. The molecule has 0 aliphatic carbocycles. The summed E-state index contributed by atoms with van der Waals surface area (Å²) >= 11 is 3.43. The molecule has 0 saturated carbocycles. The number of carbonyl (C=O) groups excluding carboxylic acids is 1. The summed E-state index contributed by atoms with van der Waals surface area (Å²) in [6, 6.07) is 13.1. The smallest absolute Gasteiger partial charge is 0.342 e. The number of fused-ring (bicyclic) bond motifs is 1. The minimum absolute atomic E-state index is 0.299. The van der Waals surface area contributed by atoms with Crippen LogP contribution >= 0.6 is 15.9 Å². The number of rotatable bonds is 4. The molecule has 0 aliphatic rings. The highest BCUT2D eigenvalue weighted by molar-refractivity contribution is 9.10. The van der Waals surface area contributed by atoms with Crippen molar-refractivity contribution in [3.8, 4) is 17.1 Å². The van der Waals surface area contributed by atoms with Crippen LogP contribution in [0.15, 0.2) is 51.4 Å². The average Bonchev–Trinajstić information content (AvgIpc) is 2.93. The van der Waals surface area contributed by atoms with Gasteiger partial charge in [0, 0.05) is 10.9 Å². The second-order valence-electron chi connectivity index (χ2n) is 4.88. The van der Waals surface area contributed by atoms with Crippen molar-refractivity contribution in [2.24, 2.45) is 0 Å². The molecule has 1 aromatic heterocycles. The van der Waals surface area contributed by atoms with E-state index in [1.54, 1.807) is 26.2 Å². The van der Waals surface area contributed by atoms with Gasteiger partial charge in [0.1, 0.15) is 22.7 Å². The Balaban J connectivity index is 2.30. The molecule has 23 heavy (non-hydrogen) atoms. The molecule has 0 aliphatic heterocycles. The molecule has 0 spiro atoms. The van der Waals surface area contributed by atoms with Crippen molar-refractivity contribution in [1.82, 2.24) is 0 Å². The van der Waals surface area contributed by atoms with Crippen molar-refractivity contribution in [2.75, 3.05) is 13.7 Å². The van der Waals surface area contributed by atoms with Crippen molar-refractivity contribution in [2.45, 2.75) is 6.92 Å². The second-order valence-corrected chi connectivity index (χ2v) is 5.73. The summed E-state index contributed by atoms with van der Waals surface area (Å²) in [7, 11) is 1.58. The number of carbonyl (C=O) groups is 1. The number of benzene rings is 2. The summed E-state index contributed by atoms with van der Waals surface area (Å²) in [6.45, 7) is 2.08. The summed E-state index contributed by atoms with van der Waals surface area (Å²) in [4.78, 5) is 12.5. The molecule has 0 saturated heterocycles. The van der Waals surface area contributed by atoms with Crippen molar-refractivity contribution < 1.29 is 18.7 Å². The number of ether oxygens (including phenoxy) is 2. The SMILES string of the molecule is CCOC(=O)c1c(-c2ccccc2)oc2cc(Br)c(OC)cc12. The number of furan rings is 1. The van der Waals surface area contributed by atoms with Gasteiger partial charge in [0.25, 0.3) is 0 Å². The number of hydrogen-bond acceptors (Lipinski definition) is 4. The summed E-state index contributed by atoms with van der Waals surface area (Å²) in [5.74, 6) is 0.720. The highest BCUT2D eigenvalue weighted by Crippen LogP contribution is 2.39. The topological polar surface area (TPSA) is 48.7 Å². The summed E-state index contributed by atoms with van der Waals surface area (Å²) in [6.07, 6.45) is 0. The zero-order chi connectivity index (χ0) is 16.4. The molecule has 5 heteroatoms. The molecule has 1 heterocycles. The van der Waals surface area contributed by atoms with Crippen LogP contribution in [0.5, 0.6) is 5.75 Å². The Morgan fingerprint density at radius 2 is 1.96 bits per heavy atom. The molecule has 118 valence electrons. The Morgan fingerprint density at radius 1 is 1.22 bits per heavy atom. The lowest BCUT2D eigenvalue weighted by Crippen LogP contribution is -2.05. The third-order valence-electron chi connectivity index (χ3n) is 3.48. The van der Waals surface area contributed by atoms with Crippen molar-refractivity contribution >= 4 is 32.9 Å². The van der Waals surface area contributed by atoms with E-state index in [1.807, 2.05) is 30.3 Å². The first kappa shape index (κ1) is 15.6. The predicted octanol–water partition coefficient (Wildman–Crippen LogP) is 5.05. The van der Waals surface area contributed by atoms with Gasteiger partial charge >= 0.3 is 5.97 Å². The Morgan fingerprint density at radius 3 is 2.61 bits per heavy atom. The maximum atomic E-state index is 12.5. The average molecular weight is 375 g/mol. The van der Waals surface area contributed by atoms with E-state index in [0.29, 0.717) is 34.6 Å². The van der Waals surface area contributed by atoms with Gasteiger partial charge in [0.15, 0.2) is 0 Å². The van der Waals surface area contributed by atoms with Gasteiger partial charge in [-0.15, -0.1) is 0 Å². The minimum atomic E-state index is -0.408. The normalized spacial score (nSPS) is 10.7. The third-order valence-corrected chi connectivity index (χ3v) is 4.10. The number of hydrogen-bond donors (Lipinski definition) is 0. The number of halogens is 1. The second kappa shape index (κ2) is 6.46. The molecule has 2 aromatic carbocycles. The predicted molar refractivity (Wildman–Crippen MR) is 91.9 cm³/mol. The van der Waals surface area contributed by atoms with Gasteiger partial charge in [-0.3, -0.25) is 0 Å². The molecular formula is C18H15BrO4. The van der Waals surface area contributed by atoms with Gasteiger partial charge in [0.05, 0.1) is 18.2 Å². The highest BCUT2D eigenvalue weighted by Gasteiger charge is 2.24. The van der Waals surface area contributed by atoms with Gasteiger partial charge in [-0.2, -0.15) is 0 Å². The van der Waals surface area contributed by atoms with Crippen LogP contribution in [0.3, 0.4) is 0 Å². The van der Waals surface area contributed by atoms with Gasteiger partial charge < -0.3 is 13.9 Å². The Labute approximate surface area is 142 Å². The van der Waals surface area contributed by atoms with Gasteiger partial charge in [-0.25, -0.2) is 4.79 Å². The van der Waals surface area contributed by atoms with Gasteiger partial charge in [-0.1, -0.05) is 30.3 Å². The van der Waals surface area contributed by atoms with Crippen LogP contribution in [0, 0.1) is 0 Å². The molecule has 0 radical (unpaired) electrons. The molecule has 0 unspecified atom stereocenters. The Hall–Kier alpha value is -2.27. The van der Waals surface area contributed by atoms with E-state index in [9.17, 15) is 4.79 Å². The van der Waals surface area contributed by atoms with E-state index in [0.717, 1.165) is 10.0 Å². The van der Waals surface area contributed by atoms with E-state index in [4.69, 9.17) is 13.9 Å². The first-order valence-corrected chi connectivity index (χ1v) is 7.97. The highest BCUT2D eigenvalue weighted by atomic mass is 79.9. The number of methoxy groups -OCH3 is 1. The maximum absolute atomic E-state index is 12.5. The maximum Gasteiger partial charge on any atom is 0.342 e. The fraction of sp³-hybridized carbons (Fsp3) is 0.167. The third kappa shape index (κ3) is 2.84. The summed E-state index contributed by atoms with van der Waals surface area (Å²) in [5, 5.41) is 0.669.